The average molecular weight is 609 g/mol. The van der Waals surface area contributed by atoms with Gasteiger partial charge in [0.1, 0.15) is 11.3 Å². The first-order chi connectivity index (χ1) is 22.0. The van der Waals surface area contributed by atoms with Gasteiger partial charge in [-0.05, 0) is 74.2 Å². The molecule has 1 fully saturated rings. The quantitative estimate of drug-likeness (QED) is 0.274. The van der Waals surface area contributed by atoms with Gasteiger partial charge >= 0.3 is 0 Å². The predicted octanol–water partition coefficient (Wildman–Crippen LogP) is 6.22. The van der Waals surface area contributed by atoms with Gasteiger partial charge in [0.15, 0.2) is 5.65 Å². The zero-order valence-electron chi connectivity index (χ0n) is 26.5. The Balaban J connectivity index is 1.17. The minimum absolute atomic E-state index is 0.0183. The van der Waals surface area contributed by atoms with Gasteiger partial charge in [0, 0.05) is 56.6 Å². The number of carbonyl (C=O) groups is 2. The number of nitrogens with zero attached hydrogens (tertiary/aromatic N) is 6. The van der Waals surface area contributed by atoms with Gasteiger partial charge in [0.25, 0.3) is 5.91 Å². The number of carbonyl (C=O) groups excluding carboxylic acids is 2. The van der Waals surface area contributed by atoms with Crippen LogP contribution in [0.1, 0.15) is 74.2 Å². The van der Waals surface area contributed by atoms with Crippen LogP contribution in [0.15, 0.2) is 67.0 Å². The highest BCUT2D eigenvalue weighted by Gasteiger charge is 2.30. The van der Waals surface area contributed by atoms with E-state index in [2.05, 4.69) is 33.2 Å². The Morgan fingerprint density at radius 1 is 0.844 bits per heavy atom. The lowest BCUT2D eigenvalue weighted by Crippen LogP contribution is -2.47. The molecule has 0 unspecified atom stereocenters. The molecule has 0 radical (unpaired) electrons. The Kier molecular flexibility index (Phi) is 9.74. The fourth-order valence-corrected chi connectivity index (χ4v) is 6.88. The molecule has 4 aromatic rings. The first-order valence-electron chi connectivity index (χ1n) is 16.4. The van der Waals surface area contributed by atoms with Crippen LogP contribution in [-0.2, 0) is 11.3 Å². The number of hydrogen-bond acceptors (Lipinski definition) is 6. The van der Waals surface area contributed by atoms with Crippen molar-refractivity contribution in [2.45, 2.75) is 70.9 Å². The summed E-state index contributed by atoms with van der Waals surface area (Å²) in [6.07, 6.45) is 12.3. The van der Waals surface area contributed by atoms with E-state index in [4.69, 9.17) is 4.74 Å². The third-order valence-electron chi connectivity index (χ3n) is 9.40. The van der Waals surface area contributed by atoms with Crippen LogP contribution in [0.2, 0.25) is 0 Å². The number of piperidine rings is 1. The molecular weight excluding hydrogens is 564 g/mol. The van der Waals surface area contributed by atoms with Gasteiger partial charge < -0.3 is 14.5 Å². The van der Waals surface area contributed by atoms with Crippen molar-refractivity contribution in [3.05, 3.63) is 78.1 Å². The number of methoxy groups -OCH3 is 1. The summed E-state index contributed by atoms with van der Waals surface area (Å²) in [5.41, 5.74) is 5.19. The summed E-state index contributed by atoms with van der Waals surface area (Å²) < 4.78 is 7.06. The van der Waals surface area contributed by atoms with Crippen LogP contribution < -0.4 is 9.64 Å². The molecule has 6 rings (SSSR count). The molecule has 2 aromatic carbocycles. The number of rotatable bonds is 4. The smallest absolute Gasteiger partial charge is 0.259 e. The van der Waals surface area contributed by atoms with Gasteiger partial charge in [-0.2, -0.15) is 5.10 Å². The molecular formula is C36H44N6O3. The Morgan fingerprint density at radius 3 is 2.29 bits per heavy atom. The standard InChI is InChI=1S/C36H44N6O3/c1-27(43)41-22-10-6-4-3-5-9-21-40(26-29-11-7-8-12-33(29)41)30-18-23-39(24-19-30)36(44)32-25-38-42-34(17-20-37-35(32)42)28-13-15-31(45-2)16-14-28/h7-8,11-17,20,25,30H,3-6,9-10,18-19,21-24,26H2,1-2H3. The summed E-state index contributed by atoms with van der Waals surface area (Å²) >= 11 is 0. The number of aromatic nitrogens is 3. The van der Waals surface area contributed by atoms with Gasteiger partial charge in [-0.1, -0.05) is 43.9 Å². The topological polar surface area (TPSA) is 83.3 Å². The fraction of sp³-hybridized carbons (Fsp3) is 0.444. The molecule has 9 nitrogen and oxygen atoms in total. The maximum atomic E-state index is 13.8. The van der Waals surface area contributed by atoms with E-state index >= 15 is 0 Å². The molecule has 2 amide bonds. The van der Waals surface area contributed by atoms with E-state index < -0.39 is 0 Å². The Labute approximate surface area is 265 Å². The van der Waals surface area contributed by atoms with E-state index in [0.717, 1.165) is 68.0 Å². The molecule has 0 N–H and O–H groups in total. The number of anilines is 1. The summed E-state index contributed by atoms with van der Waals surface area (Å²) in [5.74, 6) is 0.874. The molecule has 2 aliphatic rings. The van der Waals surface area contributed by atoms with Crippen molar-refractivity contribution in [2.75, 3.05) is 38.2 Å². The van der Waals surface area contributed by atoms with Crippen LogP contribution in [0.25, 0.3) is 16.9 Å². The largest absolute Gasteiger partial charge is 0.497 e. The van der Waals surface area contributed by atoms with Gasteiger partial charge in [-0.25, -0.2) is 9.50 Å². The van der Waals surface area contributed by atoms with E-state index in [-0.39, 0.29) is 11.8 Å². The molecule has 236 valence electrons. The Bertz CT molecular complexity index is 1610. The van der Waals surface area contributed by atoms with Crippen molar-refractivity contribution in [1.82, 2.24) is 24.4 Å². The van der Waals surface area contributed by atoms with Crippen molar-refractivity contribution in [1.29, 1.82) is 0 Å². The van der Waals surface area contributed by atoms with Crippen molar-refractivity contribution < 1.29 is 14.3 Å². The second-order valence-corrected chi connectivity index (χ2v) is 12.3. The zero-order chi connectivity index (χ0) is 31.2. The van der Waals surface area contributed by atoms with E-state index in [9.17, 15) is 9.59 Å². The lowest BCUT2D eigenvalue weighted by Gasteiger charge is -2.39. The van der Waals surface area contributed by atoms with E-state index in [1.807, 2.05) is 46.2 Å². The zero-order valence-corrected chi connectivity index (χ0v) is 26.5. The van der Waals surface area contributed by atoms with Crippen LogP contribution in [0, 0.1) is 0 Å². The monoisotopic (exact) mass is 608 g/mol. The first kappa shape index (κ1) is 30.8. The molecule has 9 heteroatoms. The molecule has 1 saturated heterocycles. The number of benzene rings is 2. The van der Waals surface area contributed by atoms with E-state index in [1.54, 1.807) is 30.9 Å². The Morgan fingerprint density at radius 2 is 1.56 bits per heavy atom. The summed E-state index contributed by atoms with van der Waals surface area (Å²) in [7, 11) is 1.65. The maximum absolute atomic E-state index is 13.8. The third-order valence-corrected chi connectivity index (χ3v) is 9.40. The van der Waals surface area contributed by atoms with Crippen LogP contribution in [-0.4, -0.2) is 75.5 Å². The van der Waals surface area contributed by atoms with Gasteiger partial charge in [0.2, 0.25) is 5.91 Å². The number of likely N-dealkylation sites (tertiary alicyclic amines) is 1. The van der Waals surface area contributed by atoms with Crippen LogP contribution in [0.3, 0.4) is 0 Å². The Hall–Kier alpha value is -4.24. The normalized spacial score (nSPS) is 17.6. The van der Waals surface area contributed by atoms with E-state index in [0.29, 0.717) is 30.3 Å². The SMILES string of the molecule is COc1ccc(-c2ccnc3c(C(=O)N4CCC(N5CCCCCCCCN(C(C)=O)c6ccccc6C5)CC4)cnn23)cc1. The molecule has 0 bridgehead atoms. The van der Waals surface area contributed by atoms with E-state index in [1.165, 1.54) is 31.2 Å². The number of ether oxygens (including phenoxy) is 1. The average Bonchev–Trinajstić information content (AvgIpc) is 3.52. The molecule has 0 spiro atoms. The van der Waals surface area contributed by atoms with Crippen LogP contribution in [0.4, 0.5) is 5.69 Å². The number of para-hydroxylation sites is 1. The summed E-state index contributed by atoms with van der Waals surface area (Å²) in [4.78, 5) is 37.6. The minimum Gasteiger partial charge on any atom is -0.497 e. The predicted molar refractivity (Wildman–Crippen MR) is 176 cm³/mol. The highest BCUT2D eigenvalue weighted by Crippen LogP contribution is 2.29. The molecule has 2 aliphatic heterocycles. The number of amides is 2. The lowest BCUT2D eigenvalue weighted by molar-refractivity contribution is -0.116. The second kappa shape index (κ2) is 14.2. The molecule has 2 aromatic heterocycles. The number of hydrogen-bond donors (Lipinski definition) is 0. The van der Waals surface area contributed by atoms with Crippen LogP contribution >= 0.6 is 0 Å². The van der Waals surface area contributed by atoms with Gasteiger partial charge in [-0.3, -0.25) is 14.5 Å². The summed E-state index contributed by atoms with van der Waals surface area (Å²) in [5, 5.41) is 4.58. The van der Waals surface area contributed by atoms with Gasteiger partial charge in [0.05, 0.1) is 19.0 Å². The second-order valence-electron chi connectivity index (χ2n) is 12.3. The molecule has 4 heterocycles. The molecule has 0 atom stereocenters. The van der Waals surface area contributed by atoms with Gasteiger partial charge in [-0.15, -0.1) is 0 Å². The summed E-state index contributed by atoms with van der Waals surface area (Å²) in [6.45, 7) is 5.67. The molecule has 0 aliphatic carbocycles. The highest BCUT2D eigenvalue weighted by molar-refractivity contribution is 6.00. The fourth-order valence-electron chi connectivity index (χ4n) is 6.88. The highest BCUT2D eigenvalue weighted by atomic mass is 16.5. The third kappa shape index (κ3) is 6.88. The number of fused-ring (bicyclic) bond motifs is 2. The van der Waals surface area contributed by atoms with Crippen molar-refractivity contribution in [3.63, 3.8) is 0 Å². The molecule has 45 heavy (non-hydrogen) atoms. The molecule has 0 saturated carbocycles. The van der Waals surface area contributed by atoms with Crippen molar-refractivity contribution in [2.24, 2.45) is 0 Å². The summed E-state index contributed by atoms with van der Waals surface area (Å²) in [6, 6.07) is 18.5. The van der Waals surface area contributed by atoms with Crippen molar-refractivity contribution in [3.8, 4) is 17.0 Å². The van der Waals surface area contributed by atoms with Crippen molar-refractivity contribution >= 4 is 23.1 Å². The first-order valence-corrected chi connectivity index (χ1v) is 16.4. The minimum atomic E-state index is -0.0183. The maximum Gasteiger partial charge on any atom is 0.259 e. The lowest BCUT2D eigenvalue weighted by atomic mass is 10.00. The van der Waals surface area contributed by atoms with Crippen LogP contribution in [0.5, 0.6) is 5.75 Å².